The maximum Gasteiger partial charge on any atom is 0.342 e. The van der Waals surface area contributed by atoms with Crippen molar-refractivity contribution < 1.29 is 18.7 Å². The highest BCUT2D eigenvalue weighted by atomic mass is 16.5. The standard InChI is InChI=1S/C23H23NO4/c1-15-14-20(16(2)27-15)23(26)28-17(3)22(25)24-21(18-10-6-4-7-11-18)19-12-8-5-9-13-19/h4-14,17,21H,1-3H3,(H,24,25)/t17-/m1/s1. The van der Waals surface area contributed by atoms with Crippen molar-refractivity contribution in [3.8, 4) is 0 Å². The average Bonchev–Trinajstić information content (AvgIpc) is 3.05. The number of esters is 1. The summed E-state index contributed by atoms with van der Waals surface area (Å²) in [7, 11) is 0. The van der Waals surface area contributed by atoms with Crippen molar-refractivity contribution in [3.63, 3.8) is 0 Å². The van der Waals surface area contributed by atoms with Gasteiger partial charge in [0.25, 0.3) is 5.91 Å². The molecule has 1 heterocycles. The number of hydrogen-bond acceptors (Lipinski definition) is 4. The fourth-order valence-electron chi connectivity index (χ4n) is 3.02. The molecule has 1 atom stereocenters. The number of aryl methyl sites for hydroxylation is 2. The number of benzene rings is 2. The van der Waals surface area contributed by atoms with Gasteiger partial charge >= 0.3 is 5.97 Å². The van der Waals surface area contributed by atoms with E-state index in [9.17, 15) is 9.59 Å². The Morgan fingerprint density at radius 3 is 1.93 bits per heavy atom. The molecule has 0 aliphatic rings. The van der Waals surface area contributed by atoms with Crippen LogP contribution in [0.3, 0.4) is 0 Å². The topological polar surface area (TPSA) is 68.5 Å². The molecule has 0 saturated heterocycles. The highest BCUT2D eigenvalue weighted by Crippen LogP contribution is 2.22. The van der Waals surface area contributed by atoms with Crippen molar-refractivity contribution in [1.82, 2.24) is 5.32 Å². The summed E-state index contributed by atoms with van der Waals surface area (Å²) in [4.78, 5) is 25.1. The summed E-state index contributed by atoms with van der Waals surface area (Å²) in [5, 5.41) is 2.99. The minimum absolute atomic E-state index is 0.333. The SMILES string of the molecule is Cc1cc(C(=O)O[C@H](C)C(=O)NC(c2ccccc2)c2ccccc2)c(C)o1. The molecular formula is C23H23NO4. The van der Waals surface area contributed by atoms with E-state index in [0.717, 1.165) is 11.1 Å². The van der Waals surface area contributed by atoms with Crippen LogP contribution >= 0.6 is 0 Å². The second-order valence-corrected chi connectivity index (χ2v) is 6.64. The van der Waals surface area contributed by atoms with Crippen molar-refractivity contribution >= 4 is 11.9 Å². The van der Waals surface area contributed by atoms with Gasteiger partial charge in [0.05, 0.1) is 6.04 Å². The van der Waals surface area contributed by atoms with Crippen LogP contribution in [0.1, 0.15) is 46.0 Å². The molecule has 3 aromatic rings. The van der Waals surface area contributed by atoms with Crippen LogP contribution in [-0.2, 0) is 9.53 Å². The van der Waals surface area contributed by atoms with Crippen molar-refractivity contribution in [2.24, 2.45) is 0 Å². The Kier molecular flexibility index (Phi) is 5.94. The molecule has 0 unspecified atom stereocenters. The maximum absolute atomic E-state index is 12.7. The minimum Gasteiger partial charge on any atom is -0.466 e. The fraction of sp³-hybridized carbons (Fsp3) is 0.217. The number of furan rings is 1. The number of rotatable bonds is 6. The normalized spacial score (nSPS) is 11.9. The number of nitrogens with one attached hydrogen (secondary N) is 1. The molecule has 5 heteroatoms. The molecule has 28 heavy (non-hydrogen) atoms. The number of hydrogen-bond donors (Lipinski definition) is 1. The number of carbonyl (C=O) groups is 2. The van der Waals surface area contributed by atoms with Crippen LogP contribution in [0.4, 0.5) is 0 Å². The largest absolute Gasteiger partial charge is 0.466 e. The summed E-state index contributed by atoms with van der Waals surface area (Å²) in [5.74, 6) is 0.147. The molecule has 5 nitrogen and oxygen atoms in total. The molecule has 0 saturated carbocycles. The van der Waals surface area contributed by atoms with Gasteiger partial charge in [0, 0.05) is 0 Å². The summed E-state index contributed by atoms with van der Waals surface area (Å²) < 4.78 is 10.7. The predicted molar refractivity (Wildman–Crippen MR) is 106 cm³/mol. The lowest BCUT2D eigenvalue weighted by atomic mass is 9.98. The summed E-state index contributed by atoms with van der Waals surface area (Å²) in [6, 6.07) is 20.6. The van der Waals surface area contributed by atoms with Gasteiger partial charge in [0.1, 0.15) is 17.1 Å². The van der Waals surface area contributed by atoms with E-state index in [2.05, 4.69) is 5.32 Å². The van der Waals surface area contributed by atoms with Gasteiger partial charge in [-0.05, 0) is 38.0 Å². The summed E-state index contributed by atoms with van der Waals surface area (Å²) in [6.45, 7) is 5.00. The Morgan fingerprint density at radius 1 is 0.929 bits per heavy atom. The van der Waals surface area contributed by atoms with Gasteiger partial charge in [0.2, 0.25) is 0 Å². The average molecular weight is 377 g/mol. The van der Waals surface area contributed by atoms with Crippen molar-refractivity contribution in [3.05, 3.63) is 94.9 Å². The Morgan fingerprint density at radius 2 is 1.46 bits per heavy atom. The van der Waals surface area contributed by atoms with Crippen LogP contribution in [0.15, 0.2) is 71.1 Å². The smallest absolute Gasteiger partial charge is 0.342 e. The third-order valence-electron chi connectivity index (χ3n) is 4.47. The van der Waals surface area contributed by atoms with Gasteiger partial charge in [-0.3, -0.25) is 4.79 Å². The van der Waals surface area contributed by atoms with Crippen LogP contribution in [0, 0.1) is 13.8 Å². The monoisotopic (exact) mass is 377 g/mol. The highest BCUT2D eigenvalue weighted by molar-refractivity contribution is 5.93. The molecular weight excluding hydrogens is 354 g/mol. The first kappa shape index (κ1) is 19.4. The zero-order chi connectivity index (χ0) is 20.1. The molecule has 2 aromatic carbocycles. The Bertz CT molecular complexity index is 908. The van der Waals surface area contributed by atoms with E-state index in [1.165, 1.54) is 0 Å². The molecule has 144 valence electrons. The van der Waals surface area contributed by atoms with Gasteiger partial charge in [-0.1, -0.05) is 60.7 Å². The van der Waals surface area contributed by atoms with Crippen molar-refractivity contribution in [2.45, 2.75) is 32.9 Å². The van der Waals surface area contributed by atoms with Gasteiger partial charge in [-0.25, -0.2) is 4.79 Å². The number of amides is 1. The van der Waals surface area contributed by atoms with Crippen LogP contribution in [0.25, 0.3) is 0 Å². The van der Waals surface area contributed by atoms with E-state index in [1.807, 2.05) is 60.7 Å². The van der Waals surface area contributed by atoms with E-state index < -0.39 is 12.1 Å². The van der Waals surface area contributed by atoms with E-state index >= 15 is 0 Å². The minimum atomic E-state index is -0.947. The lowest BCUT2D eigenvalue weighted by Crippen LogP contribution is -2.38. The quantitative estimate of drug-likeness (QED) is 0.649. The first-order valence-electron chi connectivity index (χ1n) is 9.14. The maximum atomic E-state index is 12.7. The van der Waals surface area contributed by atoms with E-state index in [4.69, 9.17) is 9.15 Å². The van der Waals surface area contributed by atoms with Gasteiger partial charge in [-0.2, -0.15) is 0 Å². The molecule has 0 spiro atoms. The molecule has 1 aromatic heterocycles. The number of carbonyl (C=O) groups excluding carboxylic acids is 2. The molecule has 0 bridgehead atoms. The highest BCUT2D eigenvalue weighted by Gasteiger charge is 2.25. The van der Waals surface area contributed by atoms with E-state index in [1.54, 1.807) is 26.8 Å². The molecule has 3 rings (SSSR count). The van der Waals surface area contributed by atoms with Gasteiger partial charge in [0.15, 0.2) is 6.10 Å². The van der Waals surface area contributed by atoms with Crippen LogP contribution in [0.5, 0.6) is 0 Å². The first-order valence-corrected chi connectivity index (χ1v) is 9.14. The molecule has 0 radical (unpaired) electrons. The Labute approximate surface area is 164 Å². The Hall–Kier alpha value is -3.34. The first-order chi connectivity index (χ1) is 13.5. The summed E-state index contributed by atoms with van der Waals surface area (Å²) >= 11 is 0. The third kappa shape index (κ3) is 4.49. The van der Waals surface area contributed by atoms with Crippen molar-refractivity contribution in [1.29, 1.82) is 0 Å². The Balaban J connectivity index is 1.74. The zero-order valence-electron chi connectivity index (χ0n) is 16.1. The van der Waals surface area contributed by atoms with Crippen LogP contribution in [-0.4, -0.2) is 18.0 Å². The van der Waals surface area contributed by atoms with Crippen molar-refractivity contribution in [2.75, 3.05) is 0 Å². The lowest BCUT2D eigenvalue weighted by Gasteiger charge is -2.22. The molecule has 1 amide bonds. The molecule has 0 aliphatic heterocycles. The molecule has 1 N–H and O–H groups in total. The predicted octanol–water partition coefficient (Wildman–Crippen LogP) is 4.35. The zero-order valence-corrected chi connectivity index (χ0v) is 16.1. The fourth-order valence-corrected chi connectivity index (χ4v) is 3.02. The van der Waals surface area contributed by atoms with Gasteiger partial charge < -0.3 is 14.5 Å². The van der Waals surface area contributed by atoms with Crippen LogP contribution < -0.4 is 5.32 Å². The summed E-state index contributed by atoms with van der Waals surface area (Å²) in [5.41, 5.74) is 2.23. The van der Waals surface area contributed by atoms with Crippen LogP contribution in [0.2, 0.25) is 0 Å². The second-order valence-electron chi connectivity index (χ2n) is 6.64. The van der Waals surface area contributed by atoms with Gasteiger partial charge in [-0.15, -0.1) is 0 Å². The second kappa shape index (κ2) is 8.57. The van der Waals surface area contributed by atoms with E-state index in [0.29, 0.717) is 17.1 Å². The molecule has 0 aliphatic carbocycles. The third-order valence-corrected chi connectivity index (χ3v) is 4.47. The van der Waals surface area contributed by atoms with E-state index in [-0.39, 0.29) is 11.9 Å². The lowest BCUT2D eigenvalue weighted by molar-refractivity contribution is -0.129. The summed E-state index contributed by atoms with van der Waals surface area (Å²) in [6.07, 6.45) is -0.947. The molecule has 0 fully saturated rings. The number of ether oxygens (including phenoxy) is 1.